The maximum absolute atomic E-state index is 13.5. The summed E-state index contributed by atoms with van der Waals surface area (Å²) in [5.41, 5.74) is -0.113. The van der Waals surface area contributed by atoms with Crippen LogP contribution in [-0.4, -0.2) is 30.0 Å². The van der Waals surface area contributed by atoms with Crippen LogP contribution in [0.4, 0.5) is 22.0 Å². The third kappa shape index (κ3) is 4.01. The first-order chi connectivity index (χ1) is 8.24. The summed E-state index contributed by atoms with van der Waals surface area (Å²) in [4.78, 5) is 0. The van der Waals surface area contributed by atoms with Crippen LogP contribution in [0.15, 0.2) is 11.6 Å². The Morgan fingerprint density at radius 2 is 2.11 bits per heavy atom. The Kier molecular flexibility index (Phi) is 4.78. The van der Waals surface area contributed by atoms with Crippen molar-refractivity contribution in [3.05, 3.63) is 11.6 Å². The lowest BCUT2D eigenvalue weighted by molar-refractivity contribution is -0.168. The van der Waals surface area contributed by atoms with E-state index in [0.717, 1.165) is 5.37 Å². The Hall–Kier alpha value is -1.05. The predicted molar refractivity (Wildman–Crippen MR) is 59.1 cm³/mol. The minimum Gasteiger partial charge on any atom is -0.483 e. The highest BCUT2D eigenvalue weighted by Gasteiger charge is 2.36. The molecule has 0 aromatic heterocycles. The number of hydrogen-bond acceptors (Lipinski definition) is 3. The van der Waals surface area contributed by atoms with Crippen LogP contribution >= 0.6 is 12.2 Å². The predicted octanol–water partition coefficient (Wildman–Crippen LogP) is 3.51. The summed E-state index contributed by atoms with van der Waals surface area (Å²) in [6.07, 6.45) is -7.29. The zero-order chi connectivity index (χ0) is 13.9. The molecule has 2 atom stereocenters. The third-order valence-electron chi connectivity index (χ3n) is 2.43. The SMILES string of the molecule is N=C(C=S)C1CC(F)=C(OCC(F)(F)F)C(F)C1. The van der Waals surface area contributed by atoms with Crippen LogP contribution in [0.2, 0.25) is 0 Å². The second-order valence-electron chi connectivity index (χ2n) is 3.85. The van der Waals surface area contributed by atoms with Gasteiger partial charge in [-0.05, 0) is 6.42 Å². The molecule has 0 aliphatic heterocycles. The van der Waals surface area contributed by atoms with Gasteiger partial charge in [-0.3, -0.25) is 0 Å². The molecule has 18 heavy (non-hydrogen) atoms. The highest BCUT2D eigenvalue weighted by molar-refractivity contribution is 7.80. The van der Waals surface area contributed by atoms with Gasteiger partial charge in [-0.1, -0.05) is 12.2 Å². The van der Waals surface area contributed by atoms with Crippen molar-refractivity contribution in [3.63, 3.8) is 0 Å². The van der Waals surface area contributed by atoms with Crippen LogP contribution < -0.4 is 0 Å². The van der Waals surface area contributed by atoms with Crippen molar-refractivity contribution in [3.8, 4) is 0 Å². The Morgan fingerprint density at radius 3 is 2.56 bits per heavy atom. The zero-order valence-corrected chi connectivity index (χ0v) is 9.88. The number of halogens is 5. The monoisotopic (exact) mass is 287 g/mol. The molecule has 0 aromatic carbocycles. The second-order valence-corrected chi connectivity index (χ2v) is 4.09. The van der Waals surface area contributed by atoms with Gasteiger partial charge in [0.1, 0.15) is 5.83 Å². The van der Waals surface area contributed by atoms with Gasteiger partial charge in [-0.15, -0.1) is 0 Å². The highest BCUT2D eigenvalue weighted by Crippen LogP contribution is 2.34. The minimum absolute atomic E-state index is 0.113. The molecule has 0 radical (unpaired) electrons. The molecule has 102 valence electrons. The van der Waals surface area contributed by atoms with E-state index in [-0.39, 0.29) is 18.6 Å². The van der Waals surface area contributed by atoms with Crippen molar-refractivity contribution in [2.45, 2.75) is 25.2 Å². The Morgan fingerprint density at radius 1 is 1.50 bits per heavy atom. The molecule has 0 saturated carbocycles. The van der Waals surface area contributed by atoms with E-state index in [9.17, 15) is 22.0 Å². The van der Waals surface area contributed by atoms with E-state index in [0.29, 0.717) is 0 Å². The van der Waals surface area contributed by atoms with Gasteiger partial charge in [-0.25, -0.2) is 8.78 Å². The Labute approximate surface area is 105 Å². The standard InChI is InChI=1S/C10H10F5NOS/c11-6-1-5(8(16)3-18)2-7(12)9(6)17-4-10(13,14)15/h3,5-6,16H,1-2,4H2. The molecule has 0 fully saturated rings. The van der Waals surface area contributed by atoms with E-state index >= 15 is 0 Å². The summed E-state index contributed by atoms with van der Waals surface area (Å²) in [5, 5.41) is 8.33. The maximum Gasteiger partial charge on any atom is 0.422 e. The largest absolute Gasteiger partial charge is 0.483 e. The zero-order valence-electron chi connectivity index (χ0n) is 9.06. The van der Waals surface area contributed by atoms with E-state index in [1.807, 2.05) is 0 Å². The fourth-order valence-electron chi connectivity index (χ4n) is 1.59. The lowest BCUT2D eigenvalue weighted by Crippen LogP contribution is -2.28. The third-order valence-corrected chi connectivity index (χ3v) is 2.68. The van der Waals surface area contributed by atoms with Gasteiger partial charge in [0.2, 0.25) is 0 Å². The number of hydrogen-bond donors (Lipinski definition) is 1. The summed E-state index contributed by atoms with van der Waals surface area (Å²) in [5.74, 6) is -2.76. The molecular weight excluding hydrogens is 277 g/mol. The van der Waals surface area contributed by atoms with Gasteiger partial charge in [0, 0.05) is 23.4 Å². The van der Waals surface area contributed by atoms with Crippen molar-refractivity contribution in [1.82, 2.24) is 0 Å². The van der Waals surface area contributed by atoms with Crippen molar-refractivity contribution in [1.29, 1.82) is 5.41 Å². The molecule has 2 unspecified atom stereocenters. The quantitative estimate of drug-likeness (QED) is 0.487. The van der Waals surface area contributed by atoms with Gasteiger partial charge in [-0.2, -0.15) is 13.2 Å². The lowest BCUT2D eigenvalue weighted by atomic mass is 9.88. The molecule has 8 heteroatoms. The molecule has 1 N–H and O–H groups in total. The fourth-order valence-corrected chi connectivity index (χ4v) is 1.78. The van der Waals surface area contributed by atoms with Gasteiger partial charge in [0.25, 0.3) is 0 Å². The number of rotatable bonds is 4. The van der Waals surface area contributed by atoms with E-state index in [1.165, 1.54) is 0 Å². The molecular formula is C10H10F5NOS. The average Bonchev–Trinajstić information content (AvgIpc) is 2.25. The number of ether oxygens (including phenoxy) is 1. The van der Waals surface area contributed by atoms with Crippen LogP contribution in [0.1, 0.15) is 12.8 Å². The topological polar surface area (TPSA) is 33.1 Å². The molecule has 0 saturated heterocycles. The number of allylic oxidation sites excluding steroid dienone is 2. The van der Waals surface area contributed by atoms with E-state index in [4.69, 9.17) is 5.41 Å². The molecule has 0 bridgehead atoms. The van der Waals surface area contributed by atoms with Gasteiger partial charge in [0.15, 0.2) is 18.5 Å². The van der Waals surface area contributed by atoms with Crippen LogP contribution in [0.25, 0.3) is 0 Å². The molecule has 2 nitrogen and oxygen atoms in total. The van der Waals surface area contributed by atoms with E-state index in [2.05, 4.69) is 17.0 Å². The molecule has 1 aliphatic carbocycles. The first-order valence-corrected chi connectivity index (χ1v) is 5.47. The normalized spacial score (nSPS) is 24.9. The summed E-state index contributed by atoms with van der Waals surface area (Å²) >= 11 is 4.47. The molecule has 1 rings (SSSR count). The highest BCUT2D eigenvalue weighted by atomic mass is 32.1. The summed E-state index contributed by atoms with van der Waals surface area (Å²) < 4.78 is 66.7. The summed E-state index contributed by atoms with van der Waals surface area (Å²) in [6.45, 7) is -1.73. The summed E-state index contributed by atoms with van der Waals surface area (Å²) in [6, 6.07) is 0. The molecule has 0 spiro atoms. The minimum atomic E-state index is -4.65. The Bertz CT molecular complexity index is 379. The van der Waals surface area contributed by atoms with Crippen molar-refractivity contribution >= 4 is 23.3 Å². The average molecular weight is 287 g/mol. The smallest absolute Gasteiger partial charge is 0.422 e. The number of alkyl halides is 4. The molecule has 0 amide bonds. The number of nitrogens with one attached hydrogen (secondary N) is 1. The first kappa shape index (κ1) is 15.0. The lowest BCUT2D eigenvalue weighted by Gasteiger charge is -2.26. The van der Waals surface area contributed by atoms with Crippen molar-refractivity contribution in [2.24, 2.45) is 5.92 Å². The van der Waals surface area contributed by atoms with E-state index in [1.54, 1.807) is 0 Å². The second kappa shape index (κ2) is 5.73. The molecule has 0 aromatic rings. The molecule has 0 heterocycles. The van der Waals surface area contributed by atoms with E-state index < -0.39 is 36.5 Å². The maximum atomic E-state index is 13.5. The Balaban J connectivity index is 2.74. The molecule has 1 aliphatic rings. The van der Waals surface area contributed by atoms with Crippen molar-refractivity contribution in [2.75, 3.05) is 6.61 Å². The van der Waals surface area contributed by atoms with Crippen LogP contribution in [-0.2, 0) is 4.74 Å². The van der Waals surface area contributed by atoms with Crippen LogP contribution in [0.5, 0.6) is 0 Å². The number of thiocarbonyl (C=S) groups is 1. The van der Waals surface area contributed by atoms with Crippen LogP contribution in [0, 0.1) is 11.3 Å². The fraction of sp³-hybridized carbons (Fsp3) is 0.600. The first-order valence-electron chi connectivity index (χ1n) is 5.00. The van der Waals surface area contributed by atoms with Gasteiger partial charge < -0.3 is 10.1 Å². The van der Waals surface area contributed by atoms with Crippen LogP contribution in [0.3, 0.4) is 0 Å². The summed E-state index contributed by atoms with van der Waals surface area (Å²) in [7, 11) is 0. The van der Waals surface area contributed by atoms with Gasteiger partial charge in [0.05, 0.1) is 0 Å². The van der Waals surface area contributed by atoms with Gasteiger partial charge >= 0.3 is 6.18 Å². The van der Waals surface area contributed by atoms with Crippen molar-refractivity contribution < 1.29 is 26.7 Å².